The summed E-state index contributed by atoms with van der Waals surface area (Å²) in [6.45, 7) is 7.86. The number of thiophene rings is 1. The molecular weight excluding hydrogens is 228 g/mol. The Kier molecular flexibility index (Phi) is 7.49. The molecular formula is C14H26N2S. The SMILES string of the molecule is CC(C)NCCCCCN(C)Cc1ccsc1. The Bertz CT molecular complexity index is 270. The maximum atomic E-state index is 3.46. The Hall–Kier alpha value is -0.380. The van der Waals surface area contributed by atoms with Gasteiger partial charge in [0.1, 0.15) is 0 Å². The van der Waals surface area contributed by atoms with Crippen LogP contribution < -0.4 is 5.32 Å². The van der Waals surface area contributed by atoms with Gasteiger partial charge in [-0.2, -0.15) is 11.3 Å². The molecule has 1 aromatic heterocycles. The van der Waals surface area contributed by atoms with Crippen LogP contribution >= 0.6 is 11.3 Å². The molecule has 0 saturated carbocycles. The molecule has 0 atom stereocenters. The van der Waals surface area contributed by atoms with E-state index < -0.39 is 0 Å². The third-order valence-corrected chi connectivity index (χ3v) is 3.53. The van der Waals surface area contributed by atoms with Gasteiger partial charge < -0.3 is 10.2 Å². The summed E-state index contributed by atoms with van der Waals surface area (Å²) in [5.74, 6) is 0. The van der Waals surface area contributed by atoms with Crippen LogP contribution in [-0.2, 0) is 6.54 Å². The molecule has 0 fully saturated rings. The molecule has 1 rings (SSSR count). The van der Waals surface area contributed by atoms with Crippen molar-refractivity contribution in [2.45, 2.75) is 45.7 Å². The second kappa shape index (κ2) is 8.67. The molecule has 0 bridgehead atoms. The maximum absolute atomic E-state index is 3.46. The lowest BCUT2D eigenvalue weighted by molar-refractivity contribution is 0.317. The molecule has 1 heterocycles. The molecule has 0 saturated heterocycles. The molecule has 0 aliphatic carbocycles. The van der Waals surface area contributed by atoms with Gasteiger partial charge in [0.25, 0.3) is 0 Å². The summed E-state index contributed by atoms with van der Waals surface area (Å²) in [7, 11) is 2.21. The van der Waals surface area contributed by atoms with E-state index in [1.807, 2.05) is 0 Å². The van der Waals surface area contributed by atoms with Gasteiger partial charge in [-0.25, -0.2) is 0 Å². The van der Waals surface area contributed by atoms with E-state index in [1.165, 1.54) is 31.4 Å². The second-order valence-corrected chi connectivity index (χ2v) is 5.82. The molecule has 1 N–H and O–H groups in total. The highest BCUT2D eigenvalue weighted by Crippen LogP contribution is 2.09. The van der Waals surface area contributed by atoms with Crippen LogP contribution in [0.5, 0.6) is 0 Å². The van der Waals surface area contributed by atoms with Gasteiger partial charge in [0.05, 0.1) is 0 Å². The Morgan fingerprint density at radius 3 is 2.76 bits per heavy atom. The smallest absolute Gasteiger partial charge is 0.0238 e. The summed E-state index contributed by atoms with van der Waals surface area (Å²) < 4.78 is 0. The Labute approximate surface area is 110 Å². The number of rotatable bonds is 9. The van der Waals surface area contributed by atoms with Gasteiger partial charge >= 0.3 is 0 Å². The summed E-state index contributed by atoms with van der Waals surface area (Å²) in [4.78, 5) is 2.41. The third-order valence-electron chi connectivity index (χ3n) is 2.80. The molecule has 2 nitrogen and oxygen atoms in total. The van der Waals surface area contributed by atoms with Crippen molar-refractivity contribution in [2.24, 2.45) is 0 Å². The van der Waals surface area contributed by atoms with Gasteiger partial charge in [-0.05, 0) is 55.4 Å². The molecule has 0 unspecified atom stereocenters. The van der Waals surface area contributed by atoms with Crippen molar-refractivity contribution in [3.8, 4) is 0 Å². The van der Waals surface area contributed by atoms with Crippen molar-refractivity contribution < 1.29 is 0 Å². The standard InChI is InChI=1S/C14H26N2S/c1-13(2)15-8-5-4-6-9-16(3)11-14-7-10-17-12-14/h7,10,12-13,15H,4-6,8-9,11H2,1-3H3. The van der Waals surface area contributed by atoms with Crippen molar-refractivity contribution in [1.29, 1.82) is 0 Å². The quantitative estimate of drug-likeness (QED) is 0.680. The fourth-order valence-corrected chi connectivity index (χ4v) is 2.51. The van der Waals surface area contributed by atoms with Crippen LogP contribution in [0.1, 0.15) is 38.7 Å². The van der Waals surface area contributed by atoms with Crippen molar-refractivity contribution in [3.63, 3.8) is 0 Å². The zero-order valence-electron chi connectivity index (χ0n) is 11.4. The summed E-state index contributed by atoms with van der Waals surface area (Å²) in [5, 5.41) is 7.85. The molecule has 1 aromatic rings. The number of unbranched alkanes of at least 4 members (excludes halogenated alkanes) is 2. The second-order valence-electron chi connectivity index (χ2n) is 5.04. The summed E-state index contributed by atoms with van der Waals surface area (Å²) in [6.07, 6.45) is 3.93. The van der Waals surface area contributed by atoms with Crippen LogP contribution in [0.4, 0.5) is 0 Å². The summed E-state index contributed by atoms with van der Waals surface area (Å²) in [6, 6.07) is 2.84. The van der Waals surface area contributed by atoms with E-state index >= 15 is 0 Å². The first-order valence-electron chi connectivity index (χ1n) is 6.61. The van der Waals surface area contributed by atoms with Gasteiger partial charge in [0, 0.05) is 12.6 Å². The zero-order valence-corrected chi connectivity index (χ0v) is 12.2. The lowest BCUT2D eigenvalue weighted by atomic mass is 10.2. The van der Waals surface area contributed by atoms with Crippen molar-refractivity contribution in [1.82, 2.24) is 10.2 Å². The third kappa shape index (κ3) is 7.53. The molecule has 3 heteroatoms. The molecule has 98 valence electrons. The first-order chi connectivity index (χ1) is 8.18. The van der Waals surface area contributed by atoms with Crippen LogP contribution in [-0.4, -0.2) is 31.1 Å². The zero-order chi connectivity index (χ0) is 12.5. The maximum Gasteiger partial charge on any atom is 0.0238 e. The minimum absolute atomic E-state index is 0.622. The molecule has 0 spiro atoms. The molecule has 0 aliphatic rings. The van der Waals surface area contributed by atoms with Gasteiger partial charge in [-0.1, -0.05) is 20.3 Å². The van der Waals surface area contributed by atoms with Crippen molar-refractivity contribution in [2.75, 3.05) is 20.1 Å². The van der Waals surface area contributed by atoms with E-state index in [1.54, 1.807) is 11.3 Å². The Balaban J connectivity index is 1.95. The first-order valence-corrected chi connectivity index (χ1v) is 7.56. The van der Waals surface area contributed by atoms with Gasteiger partial charge in [-0.3, -0.25) is 0 Å². The highest BCUT2D eigenvalue weighted by Gasteiger charge is 2.00. The molecule has 0 aliphatic heterocycles. The molecule has 0 aromatic carbocycles. The number of nitrogens with one attached hydrogen (secondary N) is 1. The average Bonchev–Trinajstić information content (AvgIpc) is 2.75. The van der Waals surface area contributed by atoms with Crippen molar-refractivity contribution in [3.05, 3.63) is 22.4 Å². The van der Waals surface area contributed by atoms with E-state index in [0.29, 0.717) is 6.04 Å². The highest BCUT2D eigenvalue weighted by molar-refractivity contribution is 7.07. The fourth-order valence-electron chi connectivity index (χ4n) is 1.85. The lowest BCUT2D eigenvalue weighted by Crippen LogP contribution is -2.24. The molecule has 0 radical (unpaired) electrons. The van der Waals surface area contributed by atoms with E-state index in [4.69, 9.17) is 0 Å². The predicted octanol–water partition coefficient (Wildman–Crippen LogP) is 3.35. The number of nitrogens with zero attached hydrogens (tertiary/aromatic N) is 1. The normalized spacial score (nSPS) is 11.6. The molecule has 17 heavy (non-hydrogen) atoms. The van der Waals surface area contributed by atoms with Crippen LogP contribution in [0, 0.1) is 0 Å². The number of hydrogen-bond acceptors (Lipinski definition) is 3. The van der Waals surface area contributed by atoms with Crippen LogP contribution in [0.25, 0.3) is 0 Å². The van der Waals surface area contributed by atoms with E-state index in [0.717, 1.165) is 13.1 Å². The number of hydrogen-bond donors (Lipinski definition) is 1. The van der Waals surface area contributed by atoms with Crippen LogP contribution in [0.3, 0.4) is 0 Å². The molecule has 0 amide bonds. The monoisotopic (exact) mass is 254 g/mol. The van der Waals surface area contributed by atoms with Gasteiger partial charge in [0.15, 0.2) is 0 Å². The minimum atomic E-state index is 0.622. The van der Waals surface area contributed by atoms with Gasteiger partial charge in [0.2, 0.25) is 0 Å². The summed E-state index contributed by atoms with van der Waals surface area (Å²) in [5.41, 5.74) is 1.44. The van der Waals surface area contributed by atoms with E-state index in [-0.39, 0.29) is 0 Å². The highest BCUT2D eigenvalue weighted by atomic mass is 32.1. The van der Waals surface area contributed by atoms with Gasteiger partial charge in [-0.15, -0.1) is 0 Å². The van der Waals surface area contributed by atoms with Crippen LogP contribution in [0.2, 0.25) is 0 Å². The summed E-state index contributed by atoms with van der Waals surface area (Å²) >= 11 is 1.78. The fraction of sp³-hybridized carbons (Fsp3) is 0.714. The largest absolute Gasteiger partial charge is 0.315 e. The van der Waals surface area contributed by atoms with Crippen LogP contribution in [0.15, 0.2) is 16.8 Å². The first kappa shape index (κ1) is 14.7. The lowest BCUT2D eigenvalue weighted by Gasteiger charge is -2.15. The van der Waals surface area contributed by atoms with E-state index in [9.17, 15) is 0 Å². The van der Waals surface area contributed by atoms with E-state index in [2.05, 4.69) is 47.9 Å². The van der Waals surface area contributed by atoms with Crippen molar-refractivity contribution >= 4 is 11.3 Å². The average molecular weight is 254 g/mol. The Morgan fingerprint density at radius 1 is 1.29 bits per heavy atom. The predicted molar refractivity (Wildman–Crippen MR) is 77.6 cm³/mol. The Morgan fingerprint density at radius 2 is 2.12 bits per heavy atom. The topological polar surface area (TPSA) is 15.3 Å². The minimum Gasteiger partial charge on any atom is -0.315 e.